The molecule has 1 aliphatic heterocycles. The van der Waals surface area contributed by atoms with Crippen molar-refractivity contribution in [3.05, 3.63) is 17.5 Å². The maximum Gasteiger partial charge on any atom is 0.159 e. The van der Waals surface area contributed by atoms with Crippen LogP contribution in [-0.2, 0) is 29.8 Å². The van der Waals surface area contributed by atoms with Crippen LogP contribution in [0.5, 0.6) is 0 Å². The fraction of sp³-hybridized carbons (Fsp3) is 0.571. The van der Waals surface area contributed by atoms with Crippen LogP contribution in [0.1, 0.15) is 17.8 Å². The predicted molar refractivity (Wildman–Crippen MR) is 45.0 cm³/mol. The summed E-state index contributed by atoms with van der Waals surface area (Å²) in [4.78, 5) is 0. The highest BCUT2D eigenvalue weighted by molar-refractivity contribution is 7.78. The first-order valence-electron chi connectivity index (χ1n) is 3.89. The van der Waals surface area contributed by atoms with E-state index in [0.717, 1.165) is 25.1 Å². The van der Waals surface area contributed by atoms with Gasteiger partial charge in [0, 0.05) is 12.2 Å². The Morgan fingerprint density at radius 2 is 2.58 bits per heavy atom. The van der Waals surface area contributed by atoms with Gasteiger partial charge < -0.3 is 4.55 Å². The zero-order valence-corrected chi connectivity index (χ0v) is 7.38. The second kappa shape index (κ2) is 2.99. The van der Waals surface area contributed by atoms with E-state index in [0.29, 0.717) is 0 Å². The summed E-state index contributed by atoms with van der Waals surface area (Å²) in [6.07, 6.45) is 2.19. The topological polar surface area (TPSA) is 55.1 Å². The molecule has 0 saturated heterocycles. The van der Waals surface area contributed by atoms with E-state index < -0.39 is 11.1 Å². The number of fused-ring (bicyclic) bond motifs is 1. The van der Waals surface area contributed by atoms with Crippen molar-refractivity contribution in [3.63, 3.8) is 0 Å². The Labute approximate surface area is 72.9 Å². The molecular formula is C7H10N2O2S. The van der Waals surface area contributed by atoms with Crippen LogP contribution in [0.25, 0.3) is 0 Å². The van der Waals surface area contributed by atoms with Crippen molar-refractivity contribution < 1.29 is 8.76 Å². The molecular weight excluding hydrogens is 176 g/mol. The Balaban J connectivity index is 2.20. The molecule has 2 rings (SSSR count). The fourth-order valence-electron chi connectivity index (χ4n) is 1.52. The molecule has 0 spiro atoms. The second-order valence-electron chi connectivity index (χ2n) is 2.92. The van der Waals surface area contributed by atoms with E-state index in [1.165, 1.54) is 5.69 Å². The van der Waals surface area contributed by atoms with Crippen molar-refractivity contribution in [1.29, 1.82) is 0 Å². The molecule has 0 amide bonds. The smallest absolute Gasteiger partial charge is 0.159 e. The summed E-state index contributed by atoms with van der Waals surface area (Å²) in [5, 5.41) is 4.19. The highest BCUT2D eigenvalue weighted by Gasteiger charge is 2.13. The first-order valence-corrected chi connectivity index (χ1v) is 5.16. The molecule has 66 valence electrons. The zero-order valence-electron chi connectivity index (χ0n) is 6.56. The molecule has 0 saturated carbocycles. The van der Waals surface area contributed by atoms with Crippen molar-refractivity contribution in [2.45, 2.75) is 25.1 Å². The van der Waals surface area contributed by atoms with Gasteiger partial charge in [-0.1, -0.05) is 0 Å². The number of hydrogen-bond donors (Lipinski definition) is 1. The third-order valence-electron chi connectivity index (χ3n) is 1.99. The molecule has 1 unspecified atom stereocenters. The monoisotopic (exact) mass is 186 g/mol. The van der Waals surface area contributed by atoms with Crippen molar-refractivity contribution >= 4 is 11.1 Å². The third-order valence-corrected chi connectivity index (χ3v) is 2.53. The van der Waals surface area contributed by atoms with E-state index in [1.807, 2.05) is 10.7 Å². The van der Waals surface area contributed by atoms with Crippen LogP contribution >= 0.6 is 0 Å². The van der Waals surface area contributed by atoms with Crippen LogP contribution in [0.3, 0.4) is 0 Å². The van der Waals surface area contributed by atoms with Crippen molar-refractivity contribution in [3.8, 4) is 0 Å². The van der Waals surface area contributed by atoms with Gasteiger partial charge in [0.1, 0.15) is 0 Å². The number of nitrogens with zero attached hydrogens (tertiary/aromatic N) is 2. The largest absolute Gasteiger partial charge is 0.306 e. The highest BCUT2D eigenvalue weighted by Crippen LogP contribution is 2.15. The maximum atomic E-state index is 10.5. The Hall–Kier alpha value is -0.680. The van der Waals surface area contributed by atoms with Crippen LogP contribution in [-0.4, -0.2) is 18.5 Å². The summed E-state index contributed by atoms with van der Waals surface area (Å²) >= 11 is -1.77. The summed E-state index contributed by atoms with van der Waals surface area (Å²) in [6, 6.07) is 1.92. The Bertz CT molecular complexity index is 300. The van der Waals surface area contributed by atoms with E-state index in [9.17, 15) is 4.21 Å². The van der Waals surface area contributed by atoms with Gasteiger partial charge in [-0.15, -0.1) is 0 Å². The zero-order chi connectivity index (χ0) is 8.55. The lowest BCUT2D eigenvalue weighted by atomic mass is 10.3. The lowest BCUT2D eigenvalue weighted by Crippen LogP contribution is -1.98. The third kappa shape index (κ3) is 1.42. The van der Waals surface area contributed by atoms with Crippen LogP contribution in [0, 0.1) is 0 Å². The molecule has 0 bridgehead atoms. The molecule has 5 heteroatoms. The van der Waals surface area contributed by atoms with Crippen LogP contribution in [0.4, 0.5) is 0 Å². The lowest BCUT2D eigenvalue weighted by molar-refractivity contribution is 0.561. The van der Waals surface area contributed by atoms with Gasteiger partial charge in [0.25, 0.3) is 0 Å². The summed E-state index contributed by atoms with van der Waals surface area (Å²) in [6.45, 7) is 0.952. The van der Waals surface area contributed by atoms with Crippen molar-refractivity contribution in [1.82, 2.24) is 9.78 Å². The SMILES string of the molecule is O=S(O)Cc1cc2n(n1)CCC2. The Morgan fingerprint density at radius 3 is 3.25 bits per heavy atom. The molecule has 1 N–H and O–H groups in total. The van der Waals surface area contributed by atoms with Gasteiger partial charge in [0.15, 0.2) is 11.1 Å². The van der Waals surface area contributed by atoms with Crippen LogP contribution < -0.4 is 0 Å². The molecule has 4 nitrogen and oxygen atoms in total. The van der Waals surface area contributed by atoms with E-state index in [-0.39, 0.29) is 5.75 Å². The Kier molecular flexibility index (Phi) is 1.98. The molecule has 1 atom stereocenters. The molecule has 12 heavy (non-hydrogen) atoms. The van der Waals surface area contributed by atoms with E-state index in [1.54, 1.807) is 0 Å². The molecule has 1 aromatic rings. The number of aryl methyl sites for hydroxylation is 2. The van der Waals surface area contributed by atoms with E-state index >= 15 is 0 Å². The normalized spacial score (nSPS) is 17.8. The summed E-state index contributed by atoms with van der Waals surface area (Å²) in [5.74, 6) is 0.153. The van der Waals surface area contributed by atoms with Gasteiger partial charge in [0.2, 0.25) is 0 Å². The average Bonchev–Trinajstić information content (AvgIpc) is 2.43. The van der Waals surface area contributed by atoms with Gasteiger partial charge in [-0.2, -0.15) is 5.10 Å². The maximum absolute atomic E-state index is 10.5. The molecule has 2 heterocycles. The fourth-order valence-corrected chi connectivity index (χ4v) is 1.91. The first kappa shape index (κ1) is 7.94. The summed E-state index contributed by atoms with van der Waals surface area (Å²) in [5.41, 5.74) is 1.92. The van der Waals surface area contributed by atoms with E-state index in [2.05, 4.69) is 5.10 Å². The quantitative estimate of drug-likeness (QED) is 0.686. The molecule has 0 radical (unpaired) electrons. The standard InChI is InChI=1S/C7H10N2O2S/c10-12(11)5-6-4-7-2-1-3-9(7)8-6/h4H,1-3,5H2,(H,10,11). The summed E-state index contributed by atoms with van der Waals surface area (Å²) < 4.78 is 21.0. The minimum absolute atomic E-state index is 0.153. The number of rotatable bonds is 2. The molecule has 1 aliphatic rings. The number of hydrogen-bond acceptors (Lipinski definition) is 2. The molecule has 0 fully saturated rings. The molecule has 1 aromatic heterocycles. The Morgan fingerprint density at radius 1 is 1.75 bits per heavy atom. The molecule has 0 aliphatic carbocycles. The van der Waals surface area contributed by atoms with Crippen LogP contribution in [0.15, 0.2) is 6.07 Å². The van der Waals surface area contributed by atoms with E-state index in [4.69, 9.17) is 4.55 Å². The van der Waals surface area contributed by atoms with Gasteiger partial charge in [-0.3, -0.25) is 4.68 Å². The van der Waals surface area contributed by atoms with Gasteiger partial charge in [0.05, 0.1) is 11.4 Å². The highest BCUT2D eigenvalue weighted by atomic mass is 32.2. The summed E-state index contributed by atoms with van der Waals surface area (Å²) in [7, 11) is 0. The minimum Gasteiger partial charge on any atom is -0.306 e. The average molecular weight is 186 g/mol. The van der Waals surface area contributed by atoms with Crippen LogP contribution in [0.2, 0.25) is 0 Å². The lowest BCUT2D eigenvalue weighted by Gasteiger charge is -1.91. The van der Waals surface area contributed by atoms with Crippen molar-refractivity contribution in [2.75, 3.05) is 0 Å². The van der Waals surface area contributed by atoms with Crippen molar-refractivity contribution in [2.24, 2.45) is 0 Å². The second-order valence-corrected chi connectivity index (χ2v) is 3.85. The van der Waals surface area contributed by atoms with Gasteiger partial charge in [-0.25, -0.2) is 4.21 Å². The first-order chi connectivity index (χ1) is 5.75. The van der Waals surface area contributed by atoms with Gasteiger partial charge in [-0.05, 0) is 18.9 Å². The minimum atomic E-state index is -1.77. The molecule has 0 aromatic carbocycles. The van der Waals surface area contributed by atoms with Gasteiger partial charge >= 0.3 is 0 Å². The predicted octanol–water partition coefficient (Wildman–Crippen LogP) is 0.551. The number of aromatic nitrogens is 2.